The molecule has 3 heterocycles. The lowest BCUT2D eigenvalue weighted by Gasteiger charge is -2.37. The van der Waals surface area contributed by atoms with Crippen molar-refractivity contribution >= 4 is 28.7 Å². The van der Waals surface area contributed by atoms with E-state index in [1.54, 1.807) is 18.2 Å². The molecule has 1 fully saturated rings. The van der Waals surface area contributed by atoms with E-state index in [-0.39, 0.29) is 18.3 Å². The smallest absolute Gasteiger partial charge is 0.353 e. The third-order valence-electron chi connectivity index (χ3n) is 6.12. The highest BCUT2D eigenvalue weighted by Gasteiger charge is 2.30. The molecule has 0 amide bonds. The number of ether oxygens (including phenoxy) is 2. The van der Waals surface area contributed by atoms with Gasteiger partial charge in [-0.2, -0.15) is 0 Å². The molecule has 3 aromatic rings. The number of piperazine rings is 1. The Morgan fingerprint density at radius 3 is 2.55 bits per heavy atom. The third kappa shape index (κ3) is 3.95. The molecule has 0 saturated carbocycles. The molecule has 2 aromatic carbocycles. The maximum absolute atomic E-state index is 12.0. The second-order valence-corrected chi connectivity index (χ2v) is 8.04. The van der Waals surface area contributed by atoms with Crippen LogP contribution in [0.15, 0.2) is 42.7 Å². The first-order valence-electron chi connectivity index (χ1n) is 10.7. The Bertz CT molecular complexity index is 1210. The molecule has 1 N–H and O–H groups in total. The number of hydrogen-bond donors (Lipinski definition) is 1. The number of anilines is 4. The Kier molecular flexibility index (Phi) is 5.33. The molecular weight excluding hydrogens is 424 g/mol. The molecule has 0 unspecified atom stereocenters. The van der Waals surface area contributed by atoms with Crippen molar-refractivity contribution in [2.45, 2.75) is 13.8 Å². The van der Waals surface area contributed by atoms with Crippen molar-refractivity contribution in [3.8, 4) is 11.5 Å². The first kappa shape index (κ1) is 20.8. The van der Waals surface area contributed by atoms with Crippen LogP contribution in [0.2, 0.25) is 0 Å². The van der Waals surface area contributed by atoms with Crippen molar-refractivity contribution in [2.75, 3.05) is 48.1 Å². The van der Waals surface area contributed by atoms with Crippen molar-refractivity contribution in [3.05, 3.63) is 64.0 Å². The summed E-state index contributed by atoms with van der Waals surface area (Å²) in [6.07, 6.45) is 1.36. The lowest BCUT2D eigenvalue weighted by molar-refractivity contribution is -0.383. The molecule has 10 heteroatoms. The summed E-state index contributed by atoms with van der Waals surface area (Å²) in [5.41, 5.74) is 4.19. The summed E-state index contributed by atoms with van der Waals surface area (Å²) in [5.74, 6) is 1.68. The number of rotatable bonds is 5. The fourth-order valence-corrected chi connectivity index (χ4v) is 4.21. The summed E-state index contributed by atoms with van der Waals surface area (Å²) in [6.45, 7) is 7.12. The van der Waals surface area contributed by atoms with Crippen molar-refractivity contribution in [1.82, 2.24) is 9.97 Å². The Morgan fingerprint density at radius 1 is 1.00 bits per heavy atom. The topological polar surface area (TPSA) is 106 Å². The molecule has 1 aromatic heterocycles. The minimum absolute atomic E-state index is 0.140. The van der Waals surface area contributed by atoms with Gasteiger partial charge in [0.05, 0.1) is 4.92 Å². The fraction of sp³-hybridized carbons (Fsp3) is 0.304. The van der Waals surface area contributed by atoms with Crippen molar-refractivity contribution in [2.24, 2.45) is 0 Å². The molecule has 33 heavy (non-hydrogen) atoms. The van der Waals surface area contributed by atoms with Crippen molar-refractivity contribution < 1.29 is 14.4 Å². The highest BCUT2D eigenvalue weighted by Crippen LogP contribution is 2.38. The fourth-order valence-electron chi connectivity index (χ4n) is 4.21. The van der Waals surface area contributed by atoms with Crippen LogP contribution in [0, 0.1) is 24.0 Å². The predicted molar refractivity (Wildman–Crippen MR) is 125 cm³/mol. The normalized spacial score (nSPS) is 15.0. The van der Waals surface area contributed by atoms with Gasteiger partial charge in [-0.15, -0.1) is 0 Å². The van der Waals surface area contributed by atoms with Gasteiger partial charge in [0, 0.05) is 43.6 Å². The van der Waals surface area contributed by atoms with Crippen molar-refractivity contribution in [1.29, 1.82) is 0 Å². The van der Waals surface area contributed by atoms with Crippen LogP contribution < -0.4 is 24.6 Å². The summed E-state index contributed by atoms with van der Waals surface area (Å²) in [5, 5.41) is 15.1. The number of nitrogens with one attached hydrogen (secondary N) is 1. The zero-order valence-electron chi connectivity index (χ0n) is 18.4. The van der Waals surface area contributed by atoms with Crippen molar-refractivity contribution in [3.63, 3.8) is 0 Å². The number of aromatic nitrogens is 2. The van der Waals surface area contributed by atoms with E-state index in [1.165, 1.54) is 23.1 Å². The summed E-state index contributed by atoms with van der Waals surface area (Å²) < 4.78 is 10.7. The average molecular weight is 448 g/mol. The molecule has 0 bridgehead atoms. The number of aryl methyl sites for hydroxylation is 1. The van der Waals surface area contributed by atoms with Gasteiger partial charge in [0.25, 0.3) is 0 Å². The Morgan fingerprint density at radius 2 is 1.76 bits per heavy atom. The van der Waals surface area contributed by atoms with Crippen LogP contribution in [0.4, 0.5) is 28.7 Å². The molecule has 2 aliphatic heterocycles. The molecule has 1 saturated heterocycles. The first-order chi connectivity index (χ1) is 16.0. The minimum atomic E-state index is -0.429. The number of fused-ring (bicyclic) bond motifs is 1. The van der Waals surface area contributed by atoms with E-state index in [1.807, 2.05) is 4.90 Å². The van der Waals surface area contributed by atoms with E-state index in [9.17, 15) is 10.1 Å². The summed E-state index contributed by atoms with van der Waals surface area (Å²) in [4.78, 5) is 24.3. The van der Waals surface area contributed by atoms with Crippen LogP contribution in [0.3, 0.4) is 0 Å². The van der Waals surface area contributed by atoms with E-state index < -0.39 is 4.92 Å². The molecule has 5 rings (SSSR count). The first-order valence-corrected chi connectivity index (χ1v) is 10.7. The summed E-state index contributed by atoms with van der Waals surface area (Å²) in [7, 11) is 0. The van der Waals surface area contributed by atoms with E-state index in [0.717, 1.165) is 13.1 Å². The molecule has 170 valence electrons. The lowest BCUT2D eigenvalue weighted by atomic mass is 10.1. The zero-order chi connectivity index (χ0) is 22.9. The van der Waals surface area contributed by atoms with Gasteiger partial charge in [0.15, 0.2) is 11.5 Å². The van der Waals surface area contributed by atoms with E-state index in [0.29, 0.717) is 36.1 Å². The molecular formula is C23H24N6O4. The maximum Gasteiger partial charge on any atom is 0.353 e. The van der Waals surface area contributed by atoms with Gasteiger partial charge >= 0.3 is 5.69 Å². The SMILES string of the molecule is Cc1cccc(N2CCN(c3ncnc(Nc4ccc5c(c4)OCO5)c3[N+](=O)[O-])CC2)c1C. The van der Waals surface area contributed by atoms with Crippen LogP contribution in [0.5, 0.6) is 11.5 Å². The molecule has 0 radical (unpaired) electrons. The van der Waals surface area contributed by atoms with Crippen LogP contribution in [0.1, 0.15) is 11.1 Å². The summed E-state index contributed by atoms with van der Waals surface area (Å²) in [6, 6.07) is 11.5. The van der Waals surface area contributed by atoms with E-state index in [2.05, 4.69) is 52.2 Å². The molecule has 0 aliphatic carbocycles. The highest BCUT2D eigenvalue weighted by atomic mass is 16.7. The second kappa shape index (κ2) is 8.45. The van der Waals surface area contributed by atoms with Gasteiger partial charge in [-0.3, -0.25) is 10.1 Å². The van der Waals surface area contributed by atoms with Gasteiger partial charge in [0.1, 0.15) is 6.33 Å². The average Bonchev–Trinajstić information content (AvgIpc) is 3.29. The van der Waals surface area contributed by atoms with Crippen LogP contribution in [-0.4, -0.2) is 47.9 Å². The number of nitro groups is 1. The summed E-state index contributed by atoms with van der Waals surface area (Å²) >= 11 is 0. The van der Waals surface area contributed by atoms with Crippen LogP contribution >= 0.6 is 0 Å². The van der Waals surface area contributed by atoms with Gasteiger partial charge < -0.3 is 24.6 Å². The minimum Gasteiger partial charge on any atom is -0.454 e. The van der Waals surface area contributed by atoms with Gasteiger partial charge in [-0.25, -0.2) is 9.97 Å². The number of hydrogen-bond acceptors (Lipinski definition) is 9. The highest BCUT2D eigenvalue weighted by molar-refractivity contribution is 5.75. The number of nitrogens with zero attached hydrogens (tertiary/aromatic N) is 5. The molecule has 2 aliphatic rings. The largest absolute Gasteiger partial charge is 0.454 e. The second-order valence-electron chi connectivity index (χ2n) is 8.04. The molecule has 0 atom stereocenters. The number of benzene rings is 2. The van der Waals surface area contributed by atoms with Crippen LogP contribution in [-0.2, 0) is 0 Å². The third-order valence-corrected chi connectivity index (χ3v) is 6.12. The molecule has 10 nitrogen and oxygen atoms in total. The predicted octanol–water partition coefficient (Wildman–Crippen LogP) is 3.80. The van der Waals surface area contributed by atoms with Gasteiger partial charge in [-0.1, -0.05) is 12.1 Å². The van der Waals surface area contributed by atoms with E-state index in [4.69, 9.17) is 9.47 Å². The lowest BCUT2D eigenvalue weighted by Crippen LogP contribution is -2.47. The molecule has 0 spiro atoms. The van der Waals surface area contributed by atoms with Gasteiger partial charge in [-0.05, 0) is 43.2 Å². The monoisotopic (exact) mass is 448 g/mol. The van der Waals surface area contributed by atoms with E-state index >= 15 is 0 Å². The Hall–Kier alpha value is -4.08. The standard InChI is InChI=1S/C23H24N6O4/c1-15-4-3-5-18(16(15)2)27-8-10-28(11-9-27)23-21(29(30)31)22(24-13-25-23)26-17-6-7-19-20(12-17)33-14-32-19/h3-7,12-13H,8-11,14H2,1-2H3,(H,24,25,26). The van der Waals surface area contributed by atoms with Gasteiger partial charge in [0.2, 0.25) is 18.4 Å². The Labute approximate surface area is 190 Å². The maximum atomic E-state index is 12.0. The van der Waals surface area contributed by atoms with Crippen LogP contribution in [0.25, 0.3) is 0 Å². The quantitative estimate of drug-likeness (QED) is 0.461. The Balaban J connectivity index is 1.38. The zero-order valence-corrected chi connectivity index (χ0v) is 18.4.